The van der Waals surface area contributed by atoms with Crippen LogP contribution in [0.4, 0.5) is 0 Å². The number of para-hydroxylation sites is 3. The molecule has 0 amide bonds. The van der Waals surface area contributed by atoms with Crippen molar-refractivity contribution in [1.82, 2.24) is 19.5 Å². The summed E-state index contributed by atoms with van der Waals surface area (Å²) in [5.41, 5.74) is 5.79. The highest BCUT2D eigenvalue weighted by atomic mass is 16.3. The number of benzene rings is 7. The first kappa shape index (κ1) is 19.8. The Labute approximate surface area is 301 Å². The molecule has 0 atom stereocenters. The summed E-state index contributed by atoms with van der Waals surface area (Å²) >= 11 is 0. The van der Waals surface area contributed by atoms with Crippen molar-refractivity contribution in [3.8, 4) is 51.0 Å². The third-order valence-corrected chi connectivity index (χ3v) is 8.84. The third-order valence-electron chi connectivity index (χ3n) is 8.84. The summed E-state index contributed by atoms with van der Waals surface area (Å²) in [7, 11) is 0. The molecule has 0 N–H and O–H groups in total. The molecule has 0 aliphatic heterocycles. The van der Waals surface area contributed by atoms with Gasteiger partial charge in [-0.25, -0.2) is 15.0 Å². The number of rotatable bonds is 5. The minimum Gasteiger partial charge on any atom is -0.453 e. The zero-order valence-corrected chi connectivity index (χ0v) is 26.1. The highest BCUT2D eigenvalue weighted by Gasteiger charge is 2.20. The molecule has 0 saturated carbocycles. The smallest absolute Gasteiger partial charge is 0.164 e. The van der Waals surface area contributed by atoms with Gasteiger partial charge in [0.05, 0.1) is 30.4 Å². The Hall–Kier alpha value is -6.85. The molecule has 0 spiro atoms. The van der Waals surface area contributed by atoms with Gasteiger partial charge in [-0.2, -0.15) is 0 Å². The van der Waals surface area contributed by atoms with E-state index in [1.807, 2.05) is 78.9 Å². The lowest BCUT2D eigenvalue weighted by Crippen LogP contribution is -2.00. The lowest BCUT2D eigenvalue weighted by atomic mass is 10.0. The fourth-order valence-corrected chi connectivity index (χ4v) is 6.65. The van der Waals surface area contributed by atoms with Crippen LogP contribution in [0.5, 0.6) is 0 Å². The van der Waals surface area contributed by atoms with Crippen LogP contribution in [0.25, 0.3) is 94.7 Å². The average Bonchev–Trinajstić information content (AvgIpc) is 3.82. The molecule has 0 radical (unpaired) electrons. The van der Waals surface area contributed by atoms with Crippen molar-refractivity contribution >= 4 is 43.7 Å². The van der Waals surface area contributed by atoms with Gasteiger partial charge in [-0.15, -0.1) is 0 Å². The SMILES string of the molecule is [2H]c1c([2H])c([2H])c(-c2nc(-c3ccc4c(c3)c3ccccc3n4-c3cccc4c3oc3c(-c5ccccc5)cccc34)nc(-c3c([2H])c([2H])c([2H])c([2H])c3[2H])n2)c([2H])c1[2H]. The summed E-state index contributed by atoms with van der Waals surface area (Å²) in [5, 5.41) is 3.62. The second-order valence-electron chi connectivity index (χ2n) is 11.7. The largest absolute Gasteiger partial charge is 0.453 e. The zero-order chi connectivity index (χ0) is 41.7. The fourth-order valence-electron chi connectivity index (χ4n) is 6.65. The zero-order valence-electron chi connectivity index (χ0n) is 36.1. The average molecular weight is 651 g/mol. The molecule has 5 heteroatoms. The van der Waals surface area contributed by atoms with Gasteiger partial charge in [-0.3, -0.25) is 0 Å². The topological polar surface area (TPSA) is 56.7 Å². The Balaban J connectivity index is 1.22. The molecule has 50 heavy (non-hydrogen) atoms. The Kier molecular flexibility index (Phi) is 4.52. The van der Waals surface area contributed by atoms with Crippen LogP contribution in [0.15, 0.2) is 174 Å². The van der Waals surface area contributed by atoms with Crippen LogP contribution in [-0.2, 0) is 0 Å². The maximum Gasteiger partial charge on any atom is 0.164 e. The molecule has 10 rings (SSSR count). The number of fused-ring (bicyclic) bond motifs is 6. The Morgan fingerprint density at radius 3 is 1.74 bits per heavy atom. The van der Waals surface area contributed by atoms with E-state index in [0.29, 0.717) is 11.1 Å². The highest BCUT2D eigenvalue weighted by Crippen LogP contribution is 2.41. The lowest BCUT2D eigenvalue weighted by Gasteiger charge is -2.10. The van der Waals surface area contributed by atoms with Gasteiger partial charge in [-0.05, 0) is 35.9 Å². The third kappa shape index (κ3) is 4.52. The highest BCUT2D eigenvalue weighted by molar-refractivity contribution is 6.14. The van der Waals surface area contributed by atoms with Gasteiger partial charge < -0.3 is 8.98 Å². The molecule has 3 heterocycles. The first-order valence-electron chi connectivity index (χ1n) is 20.9. The van der Waals surface area contributed by atoms with E-state index >= 15 is 0 Å². The van der Waals surface area contributed by atoms with E-state index in [2.05, 4.69) is 43.8 Å². The van der Waals surface area contributed by atoms with Gasteiger partial charge in [-0.1, -0.05) is 139 Å². The number of nitrogens with zero attached hydrogens (tertiary/aromatic N) is 4. The first-order valence-corrected chi connectivity index (χ1v) is 15.9. The van der Waals surface area contributed by atoms with E-state index < -0.39 is 60.4 Å². The van der Waals surface area contributed by atoms with E-state index in [-0.39, 0.29) is 28.6 Å². The van der Waals surface area contributed by atoms with Crippen LogP contribution in [0.3, 0.4) is 0 Å². The predicted octanol–water partition coefficient (Wildman–Crippen LogP) is 11.5. The summed E-state index contributed by atoms with van der Waals surface area (Å²) < 4.78 is 93.3. The Morgan fingerprint density at radius 2 is 1.02 bits per heavy atom. The van der Waals surface area contributed by atoms with Gasteiger partial charge >= 0.3 is 0 Å². The van der Waals surface area contributed by atoms with E-state index in [9.17, 15) is 0 Å². The van der Waals surface area contributed by atoms with Crippen LogP contribution in [0.1, 0.15) is 13.7 Å². The maximum atomic E-state index is 8.69. The van der Waals surface area contributed by atoms with Crippen LogP contribution in [0.2, 0.25) is 0 Å². The predicted molar refractivity (Wildman–Crippen MR) is 203 cm³/mol. The van der Waals surface area contributed by atoms with Crippen molar-refractivity contribution in [2.24, 2.45) is 0 Å². The van der Waals surface area contributed by atoms with Crippen molar-refractivity contribution in [3.05, 3.63) is 170 Å². The number of hydrogen-bond acceptors (Lipinski definition) is 4. The molecule has 0 saturated heterocycles. The molecule has 0 aliphatic rings. The molecule has 7 aromatic carbocycles. The van der Waals surface area contributed by atoms with Gasteiger partial charge in [0.15, 0.2) is 23.1 Å². The standard InChI is InChI=1S/C45H28N4O/c1-4-14-29(15-5-1)33-21-12-22-35-36-23-13-25-40(42(36)50-41(33)35)49-38-24-11-10-20-34(38)37-28-32(26-27-39(37)49)45-47-43(30-16-6-2-7-17-30)46-44(48-45)31-18-8-3-9-19-31/h1-28H/i2D,3D,6D,7D,8D,9D,16D,17D,18D,19D. The number of hydrogen-bond donors (Lipinski definition) is 0. The molecule has 0 bridgehead atoms. The van der Waals surface area contributed by atoms with E-state index in [1.54, 1.807) is 6.07 Å². The monoisotopic (exact) mass is 650 g/mol. The van der Waals surface area contributed by atoms with E-state index in [1.165, 1.54) is 0 Å². The van der Waals surface area contributed by atoms with Crippen molar-refractivity contribution in [1.29, 1.82) is 0 Å². The molecule has 0 unspecified atom stereocenters. The van der Waals surface area contributed by atoms with Gasteiger partial charge in [0, 0.05) is 43.8 Å². The summed E-state index contributed by atoms with van der Waals surface area (Å²) in [6, 6.07) is 29.8. The molecule has 234 valence electrons. The van der Waals surface area contributed by atoms with Crippen LogP contribution >= 0.6 is 0 Å². The molecule has 0 fully saturated rings. The van der Waals surface area contributed by atoms with Crippen molar-refractivity contribution in [3.63, 3.8) is 0 Å². The summed E-state index contributed by atoms with van der Waals surface area (Å²) in [5.74, 6) is -0.666. The quantitative estimate of drug-likeness (QED) is 0.186. The van der Waals surface area contributed by atoms with Crippen LogP contribution in [-0.4, -0.2) is 19.5 Å². The molecule has 0 aliphatic carbocycles. The van der Waals surface area contributed by atoms with E-state index in [4.69, 9.17) is 18.1 Å². The second-order valence-corrected chi connectivity index (χ2v) is 11.7. The molecule has 10 aromatic rings. The normalized spacial score (nSPS) is 14.4. The minimum absolute atomic E-state index is 0.0137. The number of furan rings is 1. The fraction of sp³-hybridized carbons (Fsp3) is 0. The Bertz CT molecular complexity index is 3310. The van der Waals surface area contributed by atoms with Crippen molar-refractivity contribution in [2.75, 3.05) is 0 Å². The summed E-state index contributed by atoms with van der Waals surface area (Å²) in [4.78, 5) is 13.7. The van der Waals surface area contributed by atoms with Crippen LogP contribution in [0, 0.1) is 0 Å². The second kappa shape index (κ2) is 11.4. The summed E-state index contributed by atoms with van der Waals surface area (Å²) in [6.45, 7) is 0. The molecule has 3 aromatic heterocycles. The van der Waals surface area contributed by atoms with Gasteiger partial charge in [0.2, 0.25) is 0 Å². The first-order chi connectivity index (χ1) is 28.9. The molecule has 5 nitrogen and oxygen atoms in total. The van der Waals surface area contributed by atoms with Crippen molar-refractivity contribution in [2.45, 2.75) is 0 Å². The van der Waals surface area contributed by atoms with Crippen molar-refractivity contribution < 1.29 is 18.1 Å². The summed E-state index contributed by atoms with van der Waals surface area (Å²) in [6.07, 6.45) is 0. The number of aromatic nitrogens is 4. The lowest BCUT2D eigenvalue weighted by molar-refractivity contribution is 0.667. The molecular formula is C45H28N4O. The van der Waals surface area contributed by atoms with Gasteiger partial charge in [0.25, 0.3) is 0 Å². The van der Waals surface area contributed by atoms with Crippen LogP contribution < -0.4 is 0 Å². The van der Waals surface area contributed by atoms with E-state index in [0.717, 1.165) is 55.0 Å². The Morgan fingerprint density at radius 1 is 0.440 bits per heavy atom. The maximum absolute atomic E-state index is 8.69. The molecular weight excluding hydrogens is 613 g/mol. The minimum atomic E-state index is -0.609. The van der Waals surface area contributed by atoms with Gasteiger partial charge in [0.1, 0.15) is 5.58 Å².